The van der Waals surface area contributed by atoms with Crippen LogP contribution in [0.4, 0.5) is 5.69 Å². The SMILES string of the molecule is Cn1c(O)c(C=Nc2cc3c(oc2=O)CC(C)(C)CC3=O)c(=O)n(C)c1=O. The molecule has 0 radical (unpaired) electrons. The van der Waals surface area contributed by atoms with Gasteiger partial charge in [-0.25, -0.2) is 14.6 Å². The van der Waals surface area contributed by atoms with E-state index in [1.165, 1.54) is 20.2 Å². The summed E-state index contributed by atoms with van der Waals surface area (Å²) in [6.07, 6.45) is 1.75. The number of nitrogens with zero attached hydrogens (tertiary/aromatic N) is 3. The number of carbonyl (C=O) groups is 1. The zero-order chi connectivity index (χ0) is 20.1. The van der Waals surface area contributed by atoms with Gasteiger partial charge >= 0.3 is 11.3 Å². The quantitative estimate of drug-likeness (QED) is 0.771. The van der Waals surface area contributed by atoms with E-state index in [9.17, 15) is 24.3 Å². The van der Waals surface area contributed by atoms with E-state index in [1.807, 2.05) is 13.8 Å². The number of hydrogen-bond acceptors (Lipinski definition) is 7. The highest BCUT2D eigenvalue weighted by atomic mass is 16.4. The summed E-state index contributed by atoms with van der Waals surface area (Å²) in [5, 5.41) is 10.0. The van der Waals surface area contributed by atoms with Crippen LogP contribution in [0.25, 0.3) is 0 Å². The number of rotatable bonds is 2. The van der Waals surface area contributed by atoms with Crippen molar-refractivity contribution in [1.82, 2.24) is 9.13 Å². The number of Topliss-reactive ketones (excluding diaryl/α,β-unsaturated/α-hetero) is 1. The van der Waals surface area contributed by atoms with Crippen molar-refractivity contribution in [2.45, 2.75) is 26.7 Å². The summed E-state index contributed by atoms with van der Waals surface area (Å²) < 4.78 is 6.95. The Morgan fingerprint density at radius 3 is 2.48 bits per heavy atom. The highest BCUT2D eigenvalue weighted by Crippen LogP contribution is 2.35. The van der Waals surface area contributed by atoms with Crippen molar-refractivity contribution < 1.29 is 14.3 Å². The van der Waals surface area contributed by atoms with Crippen LogP contribution >= 0.6 is 0 Å². The second-order valence-electron chi connectivity index (χ2n) is 7.40. The molecule has 1 aliphatic carbocycles. The summed E-state index contributed by atoms with van der Waals surface area (Å²) in [7, 11) is 2.55. The lowest BCUT2D eigenvalue weighted by molar-refractivity contribution is 0.0897. The number of aliphatic imine (C=N–C) groups is 1. The van der Waals surface area contributed by atoms with Gasteiger partial charge in [-0.15, -0.1) is 0 Å². The van der Waals surface area contributed by atoms with Crippen LogP contribution in [0.15, 0.2) is 29.9 Å². The Balaban J connectivity index is 2.10. The van der Waals surface area contributed by atoms with Gasteiger partial charge in [0.05, 0.1) is 5.56 Å². The van der Waals surface area contributed by atoms with Crippen molar-refractivity contribution in [3.63, 3.8) is 0 Å². The minimum Gasteiger partial charge on any atom is -0.494 e. The predicted molar refractivity (Wildman–Crippen MR) is 97.3 cm³/mol. The van der Waals surface area contributed by atoms with E-state index < -0.39 is 22.8 Å². The summed E-state index contributed by atoms with van der Waals surface area (Å²) in [6.45, 7) is 3.83. The highest BCUT2D eigenvalue weighted by Gasteiger charge is 2.33. The number of fused-ring (bicyclic) bond motifs is 1. The molecule has 0 spiro atoms. The topological polar surface area (TPSA) is 124 Å². The van der Waals surface area contributed by atoms with Crippen molar-refractivity contribution in [1.29, 1.82) is 0 Å². The Morgan fingerprint density at radius 1 is 1.15 bits per heavy atom. The summed E-state index contributed by atoms with van der Waals surface area (Å²) in [6, 6.07) is 1.33. The van der Waals surface area contributed by atoms with Crippen LogP contribution in [-0.4, -0.2) is 26.2 Å². The molecule has 0 aromatic carbocycles. The van der Waals surface area contributed by atoms with Gasteiger partial charge in [-0.1, -0.05) is 13.8 Å². The zero-order valence-electron chi connectivity index (χ0n) is 15.4. The molecule has 0 fully saturated rings. The molecule has 0 saturated heterocycles. The molecule has 0 saturated carbocycles. The van der Waals surface area contributed by atoms with E-state index >= 15 is 0 Å². The van der Waals surface area contributed by atoms with Crippen LogP contribution in [0.1, 0.15) is 41.9 Å². The maximum absolute atomic E-state index is 12.3. The Hall–Kier alpha value is -3.23. The summed E-state index contributed by atoms with van der Waals surface area (Å²) in [5.74, 6) is -0.407. The fourth-order valence-corrected chi connectivity index (χ4v) is 3.09. The molecule has 0 atom stereocenters. The second-order valence-corrected chi connectivity index (χ2v) is 7.40. The average Bonchev–Trinajstić information content (AvgIpc) is 2.58. The van der Waals surface area contributed by atoms with Crippen LogP contribution in [0, 0.1) is 5.41 Å². The van der Waals surface area contributed by atoms with Crippen LogP contribution in [-0.2, 0) is 20.5 Å². The third-order valence-electron chi connectivity index (χ3n) is 4.59. The summed E-state index contributed by atoms with van der Waals surface area (Å²) >= 11 is 0. The molecule has 2 aromatic heterocycles. The molecule has 27 heavy (non-hydrogen) atoms. The fourth-order valence-electron chi connectivity index (χ4n) is 3.09. The molecule has 9 nitrogen and oxygen atoms in total. The van der Waals surface area contributed by atoms with E-state index in [0.29, 0.717) is 24.2 Å². The number of aromatic hydroxyl groups is 1. The van der Waals surface area contributed by atoms with Crippen molar-refractivity contribution in [3.05, 3.63) is 54.2 Å². The first kappa shape index (κ1) is 18.6. The molecule has 2 heterocycles. The lowest BCUT2D eigenvalue weighted by Crippen LogP contribution is -2.38. The van der Waals surface area contributed by atoms with Crippen LogP contribution in [0.5, 0.6) is 5.88 Å². The van der Waals surface area contributed by atoms with Crippen LogP contribution < -0.4 is 16.9 Å². The van der Waals surface area contributed by atoms with Crippen molar-refractivity contribution >= 4 is 17.7 Å². The molecule has 0 unspecified atom stereocenters. The van der Waals surface area contributed by atoms with Gasteiger partial charge in [-0.3, -0.25) is 18.7 Å². The monoisotopic (exact) mass is 373 g/mol. The maximum atomic E-state index is 12.3. The number of carbonyl (C=O) groups excluding carboxylic acids is 1. The number of ketones is 1. The lowest BCUT2D eigenvalue weighted by Gasteiger charge is -2.28. The van der Waals surface area contributed by atoms with Gasteiger partial charge in [0.2, 0.25) is 5.88 Å². The van der Waals surface area contributed by atoms with Crippen LogP contribution in [0.2, 0.25) is 0 Å². The predicted octanol–water partition coefficient (Wildman–Crippen LogP) is 0.649. The normalized spacial score (nSPS) is 15.9. The van der Waals surface area contributed by atoms with E-state index in [4.69, 9.17) is 4.42 Å². The smallest absolute Gasteiger partial charge is 0.362 e. The first-order valence-electron chi connectivity index (χ1n) is 8.25. The fraction of sp³-hybridized carbons (Fsp3) is 0.389. The first-order valence-corrected chi connectivity index (χ1v) is 8.25. The largest absolute Gasteiger partial charge is 0.494 e. The van der Waals surface area contributed by atoms with E-state index in [-0.39, 0.29) is 22.4 Å². The molecule has 0 aliphatic heterocycles. The van der Waals surface area contributed by atoms with Gasteiger partial charge < -0.3 is 9.52 Å². The number of aromatic nitrogens is 2. The molecular formula is C18H19N3O6. The van der Waals surface area contributed by atoms with E-state index in [0.717, 1.165) is 15.3 Å². The molecule has 1 N–H and O–H groups in total. The maximum Gasteiger partial charge on any atom is 0.362 e. The number of hydrogen-bond donors (Lipinski definition) is 1. The van der Waals surface area contributed by atoms with Gasteiger partial charge in [-0.2, -0.15) is 0 Å². The van der Waals surface area contributed by atoms with Crippen molar-refractivity contribution in [3.8, 4) is 5.88 Å². The molecular weight excluding hydrogens is 354 g/mol. The Bertz CT molecular complexity index is 1160. The summed E-state index contributed by atoms with van der Waals surface area (Å²) in [4.78, 5) is 52.4. The minimum atomic E-state index is -0.764. The zero-order valence-corrected chi connectivity index (χ0v) is 15.4. The third-order valence-corrected chi connectivity index (χ3v) is 4.59. The van der Waals surface area contributed by atoms with Gasteiger partial charge in [0, 0.05) is 33.2 Å². The Kier molecular flexibility index (Phi) is 4.25. The van der Waals surface area contributed by atoms with Gasteiger partial charge in [0.25, 0.3) is 5.56 Å². The standard InChI is InChI=1S/C18H19N3O6/c1-18(2)6-12(22)9-5-11(16(25)27-13(9)7-18)19-8-10-14(23)20(3)17(26)21(4)15(10)24/h5,8,23H,6-7H2,1-4H3. The molecule has 2 aromatic rings. The van der Waals surface area contributed by atoms with Crippen molar-refractivity contribution in [2.24, 2.45) is 24.5 Å². The Morgan fingerprint density at radius 2 is 1.81 bits per heavy atom. The Labute approximate surface area is 153 Å². The molecule has 0 amide bonds. The molecule has 0 bridgehead atoms. The van der Waals surface area contributed by atoms with E-state index in [2.05, 4.69) is 4.99 Å². The third kappa shape index (κ3) is 3.16. The van der Waals surface area contributed by atoms with Crippen molar-refractivity contribution in [2.75, 3.05) is 0 Å². The van der Waals surface area contributed by atoms with Crippen LogP contribution in [0.3, 0.4) is 0 Å². The van der Waals surface area contributed by atoms with E-state index in [1.54, 1.807) is 0 Å². The highest BCUT2D eigenvalue weighted by molar-refractivity contribution is 5.99. The minimum absolute atomic E-state index is 0.151. The van der Waals surface area contributed by atoms with Gasteiger partial charge in [-0.05, 0) is 11.5 Å². The molecule has 9 heteroatoms. The molecule has 3 rings (SSSR count). The first-order chi connectivity index (χ1) is 12.5. The van der Waals surface area contributed by atoms with Gasteiger partial charge in [0.15, 0.2) is 5.78 Å². The average molecular weight is 373 g/mol. The second kappa shape index (κ2) is 6.19. The van der Waals surface area contributed by atoms with Gasteiger partial charge in [0.1, 0.15) is 17.0 Å². The summed E-state index contributed by atoms with van der Waals surface area (Å²) in [5.41, 5.74) is -2.65. The molecule has 1 aliphatic rings. The lowest BCUT2D eigenvalue weighted by atomic mass is 9.76. The molecule has 142 valence electrons.